The van der Waals surface area contributed by atoms with Crippen molar-refractivity contribution in [1.29, 1.82) is 0 Å². The Hall–Kier alpha value is -1.81. The van der Waals surface area contributed by atoms with E-state index in [1.807, 2.05) is 30.3 Å². The fourth-order valence-corrected chi connectivity index (χ4v) is 1.67. The minimum absolute atomic E-state index is 0.108. The molecule has 2 rings (SSSR count). The number of fused-ring (bicyclic) bond motifs is 1. The SMILES string of the molecule is CC(C)(CO)NC(=O)C1=Cc2ccccc2OC1. The van der Waals surface area contributed by atoms with Crippen molar-refractivity contribution in [3.63, 3.8) is 0 Å². The first kappa shape index (κ1) is 12.6. The van der Waals surface area contributed by atoms with Crippen LogP contribution >= 0.6 is 0 Å². The summed E-state index contributed by atoms with van der Waals surface area (Å²) >= 11 is 0. The highest BCUT2D eigenvalue weighted by Crippen LogP contribution is 2.25. The van der Waals surface area contributed by atoms with Crippen LogP contribution in [0.4, 0.5) is 0 Å². The molecule has 4 nitrogen and oxygen atoms in total. The molecule has 0 atom stereocenters. The molecule has 96 valence electrons. The van der Waals surface area contributed by atoms with Crippen molar-refractivity contribution in [3.05, 3.63) is 35.4 Å². The maximum Gasteiger partial charge on any atom is 0.251 e. The maximum atomic E-state index is 12.0. The lowest BCUT2D eigenvalue weighted by molar-refractivity contribution is -0.119. The first-order valence-electron chi connectivity index (χ1n) is 5.87. The maximum absolute atomic E-state index is 12.0. The number of carbonyl (C=O) groups is 1. The number of benzene rings is 1. The van der Waals surface area contributed by atoms with Crippen LogP contribution in [0.25, 0.3) is 6.08 Å². The van der Waals surface area contributed by atoms with E-state index in [9.17, 15) is 4.79 Å². The van der Waals surface area contributed by atoms with Gasteiger partial charge in [0, 0.05) is 5.56 Å². The molecule has 1 aromatic carbocycles. The van der Waals surface area contributed by atoms with Gasteiger partial charge in [0.1, 0.15) is 12.4 Å². The van der Waals surface area contributed by atoms with Crippen molar-refractivity contribution in [2.45, 2.75) is 19.4 Å². The smallest absolute Gasteiger partial charge is 0.251 e. The van der Waals surface area contributed by atoms with E-state index >= 15 is 0 Å². The Bertz CT molecular complexity index is 492. The van der Waals surface area contributed by atoms with E-state index in [0.29, 0.717) is 5.57 Å². The third kappa shape index (κ3) is 2.71. The summed E-state index contributed by atoms with van der Waals surface area (Å²) in [5, 5.41) is 11.9. The second-order valence-corrected chi connectivity index (χ2v) is 4.99. The molecule has 1 aliphatic rings. The highest BCUT2D eigenvalue weighted by molar-refractivity contribution is 5.99. The molecule has 1 aromatic rings. The highest BCUT2D eigenvalue weighted by atomic mass is 16.5. The molecular weight excluding hydrogens is 230 g/mol. The van der Waals surface area contributed by atoms with Gasteiger partial charge in [-0.1, -0.05) is 18.2 Å². The van der Waals surface area contributed by atoms with Gasteiger partial charge in [-0.15, -0.1) is 0 Å². The Morgan fingerprint density at radius 1 is 1.44 bits per heavy atom. The Labute approximate surface area is 106 Å². The lowest BCUT2D eigenvalue weighted by Crippen LogP contribution is -2.47. The van der Waals surface area contributed by atoms with E-state index in [0.717, 1.165) is 11.3 Å². The number of amides is 1. The molecular formula is C14H17NO3. The largest absolute Gasteiger partial charge is 0.488 e. The quantitative estimate of drug-likeness (QED) is 0.847. The number of hydrogen-bond acceptors (Lipinski definition) is 3. The van der Waals surface area contributed by atoms with Crippen molar-refractivity contribution < 1.29 is 14.6 Å². The van der Waals surface area contributed by atoms with Crippen LogP contribution in [0.2, 0.25) is 0 Å². The van der Waals surface area contributed by atoms with Gasteiger partial charge in [0.25, 0.3) is 5.91 Å². The van der Waals surface area contributed by atoms with E-state index in [1.165, 1.54) is 0 Å². The molecule has 0 saturated heterocycles. The number of hydrogen-bond donors (Lipinski definition) is 2. The molecule has 0 fully saturated rings. The van der Waals surface area contributed by atoms with Gasteiger partial charge in [-0.05, 0) is 26.0 Å². The molecule has 0 bridgehead atoms. The number of rotatable bonds is 3. The average Bonchev–Trinajstić information content (AvgIpc) is 2.37. The van der Waals surface area contributed by atoms with Gasteiger partial charge in [-0.2, -0.15) is 0 Å². The first-order valence-corrected chi connectivity index (χ1v) is 5.87. The molecule has 1 aliphatic heterocycles. The Morgan fingerprint density at radius 2 is 2.17 bits per heavy atom. The number of ether oxygens (including phenoxy) is 1. The second kappa shape index (κ2) is 4.82. The second-order valence-electron chi connectivity index (χ2n) is 4.99. The Kier molecular flexibility index (Phi) is 3.39. The van der Waals surface area contributed by atoms with Gasteiger partial charge < -0.3 is 15.2 Å². The van der Waals surface area contributed by atoms with E-state index in [4.69, 9.17) is 9.84 Å². The normalized spacial score (nSPS) is 14.3. The number of para-hydroxylation sites is 1. The summed E-state index contributed by atoms with van der Waals surface area (Å²) in [6.45, 7) is 3.68. The molecule has 1 heterocycles. The van der Waals surface area contributed by atoms with Crippen molar-refractivity contribution in [3.8, 4) is 5.75 Å². The molecule has 0 spiro atoms. The fourth-order valence-electron chi connectivity index (χ4n) is 1.67. The summed E-state index contributed by atoms with van der Waals surface area (Å²) in [6.07, 6.45) is 1.82. The standard InChI is InChI=1S/C14H17NO3/c1-14(2,9-16)15-13(17)11-7-10-5-3-4-6-12(10)18-8-11/h3-7,16H,8-9H2,1-2H3,(H,15,17). The van der Waals surface area contributed by atoms with Crippen LogP contribution < -0.4 is 10.1 Å². The fraction of sp³-hybridized carbons (Fsp3) is 0.357. The summed E-state index contributed by atoms with van der Waals surface area (Å²) in [5.41, 5.74) is 0.834. The zero-order valence-corrected chi connectivity index (χ0v) is 10.6. The average molecular weight is 247 g/mol. The molecule has 0 radical (unpaired) electrons. The summed E-state index contributed by atoms with van der Waals surface area (Å²) in [5.74, 6) is 0.582. The molecule has 2 N–H and O–H groups in total. The third-order valence-electron chi connectivity index (χ3n) is 2.77. The predicted octanol–water partition coefficient (Wildman–Crippen LogP) is 1.35. The van der Waals surface area contributed by atoms with Crippen LogP contribution in [0.1, 0.15) is 19.4 Å². The molecule has 4 heteroatoms. The highest BCUT2D eigenvalue weighted by Gasteiger charge is 2.23. The van der Waals surface area contributed by atoms with Crippen LogP contribution in [0.5, 0.6) is 5.75 Å². The number of aliphatic hydroxyl groups is 1. The summed E-state index contributed by atoms with van der Waals surface area (Å²) in [4.78, 5) is 12.0. The molecule has 0 unspecified atom stereocenters. The van der Waals surface area contributed by atoms with Crippen molar-refractivity contribution in [2.24, 2.45) is 0 Å². The Balaban J connectivity index is 2.17. The van der Waals surface area contributed by atoms with Crippen molar-refractivity contribution >= 4 is 12.0 Å². The van der Waals surface area contributed by atoms with Gasteiger partial charge in [-0.25, -0.2) is 0 Å². The van der Waals surface area contributed by atoms with E-state index in [2.05, 4.69) is 5.32 Å². The zero-order chi connectivity index (χ0) is 13.2. The summed E-state index contributed by atoms with van der Waals surface area (Å²) < 4.78 is 5.51. The van der Waals surface area contributed by atoms with E-state index < -0.39 is 5.54 Å². The Morgan fingerprint density at radius 3 is 2.89 bits per heavy atom. The van der Waals surface area contributed by atoms with Gasteiger partial charge in [0.15, 0.2) is 0 Å². The number of nitrogens with one attached hydrogen (secondary N) is 1. The number of aliphatic hydroxyl groups excluding tert-OH is 1. The molecule has 18 heavy (non-hydrogen) atoms. The minimum atomic E-state index is -0.630. The van der Waals surface area contributed by atoms with Crippen LogP contribution in [0, 0.1) is 0 Å². The topological polar surface area (TPSA) is 58.6 Å². The lowest BCUT2D eigenvalue weighted by Gasteiger charge is -2.25. The van der Waals surface area contributed by atoms with Gasteiger partial charge >= 0.3 is 0 Å². The van der Waals surface area contributed by atoms with Gasteiger partial charge in [0.05, 0.1) is 17.7 Å². The monoisotopic (exact) mass is 247 g/mol. The minimum Gasteiger partial charge on any atom is -0.488 e. The molecule has 0 saturated carbocycles. The molecule has 1 amide bonds. The first-order chi connectivity index (χ1) is 8.52. The van der Waals surface area contributed by atoms with Crippen LogP contribution in [0.15, 0.2) is 29.8 Å². The lowest BCUT2D eigenvalue weighted by atomic mass is 10.0. The van der Waals surface area contributed by atoms with Crippen LogP contribution in [-0.2, 0) is 4.79 Å². The summed E-state index contributed by atoms with van der Waals surface area (Å²) in [7, 11) is 0. The van der Waals surface area contributed by atoms with Gasteiger partial charge in [0.2, 0.25) is 0 Å². The van der Waals surface area contributed by atoms with Crippen molar-refractivity contribution in [2.75, 3.05) is 13.2 Å². The van der Waals surface area contributed by atoms with E-state index in [-0.39, 0.29) is 19.1 Å². The summed E-state index contributed by atoms with van der Waals surface area (Å²) in [6, 6.07) is 7.57. The zero-order valence-electron chi connectivity index (χ0n) is 10.6. The van der Waals surface area contributed by atoms with Crippen molar-refractivity contribution in [1.82, 2.24) is 5.32 Å². The number of carbonyl (C=O) groups excluding carboxylic acids is 1. The van der Waals surface area contributed by atoms with Crippen LogP contribution in [0.3, 0.4) is 0 Å². The predicted molar refractivity (Wildman–Crippen MR) is 69.2 cm³/mol. The third-order valence-corrected chi connectivity index (χ3v) is 2.77. The molecule has 0 aliphatic carbocycles. The molecule has 0 aromatic heterocycles. The van der Waals surface area contributed by atoms with Gasteiger partial charge in [-0.3, -0.25) is 4.79 Å². The van der Waals surface area contributed by atoms with E-state index in [1.54, 1.807) is 13.8 Å². The van der Waals surface area contributed by atoms with Crippen LogP contribution in [-0.4, -0.2) is 29.8 Å².